The molecule has 4 nitrogen and oxygen atoms in total. The lowest BCUT2D eigenvalue weighted by molar-refractivity contribution is 0.154. The molecule has 1 aromatic heterocycles. The van der Waals surface area contributed by atoms with E-state index >= 15 is 0 Å². The number of aryl methyl sites for hydroxylation is 2. The minimum absolute atomic E-state index is 0.126. The van der Waals surface area contributed by atoms with E-state index in [0.29, 0.717) is 23.9 Å². The van der Waals surface area contributed by atoms with Crippen LogP contribution in [-0.2, 0) is 12.8 Å². The average molecular weight is 271 g/mol. The van der Waals surface area contributed by atoms with Gasteiger partial charge in [-0.05, 0) is 63.1 Å². The monoisotopic (exact) mass is 271 g/mol. The summed E-state index contributed by atoms with van der Waals surface area (Å²) in [5.41, 5.74) is 8.71. The van der Waals surface area contributed by atoms with Gasteiger partial charge >= 0.3 is 0 Å². The minimum atomic E-state index is 0.126. The average Bonchev–Trinajstić information content (AvgIpc) is 2.93. The standard InChI is InChI=1S/C16H21N3O/c17-9-12-5-3-7-15(12)20-16-13(10-18)8-11-4-1-2-6-14(11)19-16/h8,12,15H,1-7,9,17H2. The van der Waals surface area contributed by atoms with Gasteiger partial charge in [-0.15, -0.1) is 0 Å². The lowest BCUT2D eigenvalue weighted by Crippen LogP contribution is -2.28. The maximum atomic E-state index is 9.32. The zero-order valence-corrected chi connectivity index (χ0v) is 11.8. The molecule has 4 heteroatoms. The van der Waals surface area contributed by atoms with Gasteiger partial charge in [-0.1, -0.05) is 0 Å². The van der Waals surface area contributed by atoms with Crippen LogP contribution in [0, 0.1) is 17.2 Å². The summed E-state index contributed by atoms with van der Waals surface area (Å²) in [5, 5.41) is 9.32. The highest BCUT2D eigenvalue weighted by molar-refractivity contribution is 5.43. The molecular formula is C16H21N3O. The van der Waals surface area contributed by atoms with E-state index in [9.17, 15) is 5.26 Å². The Bertz CT molecular complexity index is 535. The van der Waals surface area contributed by atoms with E-state index in [1.807, 2.05) is 6.07 Å². The molecule has 1 aromatic rings. The summed E-state index contributed by atoms with van der Waals surface area (Å²) in [6, 6.07) is 4.21. The number of aromatic nitrogens is 1. The molecule has 1 fully saturated rings. The van der Waals surface area contributed by atoms with Crippen molar-refractivity contribution in [1.29, 1.82) is 5.26 Å². The third kappa shape index (κ3) is 2.51. The van der Waals surface area contributed by atoms with Crippen LogP contribution in [0.25, 0.3) is 0 Å². The van der Waals surface area contributed by atoms with E-state index in [0.717, 1.165) is 37.8 Å². The topological polar surface area (TPSA) is 71.9 Å². The molecule has 3 rings (SSSR count). The molecule has 2 aliphatic carbocycles. The van der Waals surface area contributed by atoms with Crippen molar-refractivity contribution in [1.82, 2.24) is 4.98 Å². The largest absolute Gasteiger partial charge is 0.473 e. The van der Waals surface area contributed by atoms with Crippen LogP contribution < -0.4 is 10.5 Å². The summed E-state index contributed by atoms with van der Waals surface area (Å²) in [6.45, 7) is 0.650. The van der Waals surface area contributed by atoms with Gasteiger partial charge in [-0.25, -0.2) is 4.98 Å². The molecule has 2 atom stereocenters. The second-order valence-electron chi connectivity index (χ2n) is 5.85. The number of nitrogens with zero attached hydrogens (tertiary/aromatic N) is 2. The van der Waals surface area contributed by atoms with Crippen LogP contribution in [0.5, 0.6) is 5.88 Å². The smallest absolute Gasteiger partial charge is 0.232 e. The Labute approximate surface area is 119 Å². The summed E-state index contributed by atoms with van der Waals surface area (Å²) >= 11 is 0. The van der Waals surface area contributed by atoms with Crippen molar-refractivity contribution in [3.05, 3.63) is 22.9 Å². The van der Waals surface area contributed by atoms with E-state index in [4.69, 9.17) is 10.5 Å². The Morgan fingerprint density at radius 2 is 2.15 bits per heavy atom. The highest BCUT2D eigenvalue weighted by Gasteiger charge is 2.29. The maximum absolute atomic E-state index is 9.32. The van der Waals surface area contributed by atoms with E-state index in [2.05, 4.69) is 11.1 Å². The Morgan fingerprint density at radius 1 is 1.30 bits per heavy atom. The lowest BCUT2D eigenvalue weighted by Gasteiger charge is -2.22. The molecule has 0 saturated heterocycles. The first-order chi connectivity index (χ1) is 9.81. The van der Waals surface area contributed by atoms with Crippen molar-refractivity contribution >= 4 is 0 Å². The maximum Gasteiger partial charge on any atom is 0.232 e. The van der Waals surface area contributed by atoms with Gasteiger partial charge < -0.3 is 10.5 Å². The van der Waals surface area contributed by atoms with Gasteiger partial charge in [-0.2, -0.15) is 5.26 Å². The third-order valence-corrected chi connectivity index (χ3v) is 4.54. The molecule has 0 aromatic carbocycles. The van der Waals surface area contributed by atoms with Gasteiger partial charge in [0.1, 0.15) is 17.7 Å². The SMILES string of the molecule is N#Cc1cc2c(nc1OC1CCCC1CN)CCCC2. The Kier molecular flexibility index (Phi) is 3.88. The summed E-state index contributed by atoms with van der Waals surface area (Å²) in [6.07, 6.45) is 7.83. The van der Waals surface area contributed by atoms with Crippen LogP contribution >= 0.6 is 0 Å². The highest BCUT2D eigenvalue weighted by atomic mass is 16.5. The summed E-state index contributed by atoms with van der Waals surface area (Å²) in [7, 11) is 0. The van der Waals surface area contributed by atoms with Gasteiger partial charge in [0.05, 0.1) is 0 Å². The van der Waals surface area contributed by atoms with Gasteiger partial charge in [0.2, 0.25) is 5.88 Å². The predicted octanol–water partition coefficient (Wildman–Crippen LogP) is 2.34. The van der Waals surface area contributed by atoms with Crippen molar-refractivity contribution < 1.29 is 4.74 Å². The Hall–Kier alpha value is -1.60. The van der Waals surface area contributed by atoms with E-state index in [-0.39, 0.29) is 6.10 Å². The first-order valence-corrected chi connectivity index (χ1v) is 7.61. The zero-order chi connectivity index (χ0) is 13.9. The summed E-state index contributed by atoms with van der Waals surface area (Å²) in [5.74, 6) is 0.929. The number of fused-ring (bicyclic) bond motifs is 1. The molecule has 20 heavy (non-hydrogen) atoms. The van der Waals surface area contributed by atoms with Crippen LogP contribution in [0.4, 0.5) is 0 Å². The van der Waals surface area contributed by atoms with Crippen molar-refractivity contribution in [2.45, 2.75) is 51.0 Å². The molecule has 0 bridgehead atoms. The fourth-order valence-corrected chi connectivity index (χ4v) is 3.36. The van der Waals surface area contributed by atoms with Gasteiger partial charge in [0, 0.05) is 11.6 Å². The molecule has 2 unspecified atom stereocenters. The van der Waals surface area contributed by atoms with Crippen molar-refractivity contribution in [3.8, 4) is 11.9 Å². The molecule has 1 heterocycles. The van der Waals surface area contributed by atoms with Crippen LogP contribution in [0.3, 0.4) is 0 Å². The number of rotatable bonds is 3. The molecule has 2 aliphatic rings. The van der Waals surface area contributed by atoms with E-state index in [1.165, 1.54) is 18.4 Å². The molecule has 0 radical (unpaired) electrons. The first-order valence-electron chi connectivity index (χ1n) is 7.61. The third-order valence-electron chi connectivity index (χ3n) is 4.54. The predicted molar refractivity (Wildman–Crippen MR) is 76.4 cm³/mol. The van der Waals surface area contributed by atoms with Gasteiger partial charge in [-0.3, -0.25) is 0 Å². The van der Waals surface area contributed by atoms with Gasteiger partial charge in [0.25, 0.3) is 0 Å². The van der Waals surface area contributed by atoms with Crippen molar-refractivity contribution in [3.63, 3.8) is 0 Å². The normalized spacial score (nSPS) is 25.0. The molecule has 0 spiro atoms. The number of nitriles is 1. The summed E-state index contributed by atoms with van der Waals surface area (Å²) < 4.78 is 6.05. The first kappa shape index (κ1) is 13.4. The van der Waals surface area contributed by atoms with Crippen LogP contribution in [0.2, 0.25) is 0 Å². The number of ether oxygens (including phenoxy) is 1. The molecule has 0 aliphatic heterocycles. The lowest BCUT2D eigenvalue weighted by atomic mass is 9.95. The quantitative estimate of drug-likeness (QED) is 0.916. The molecular weight excluding hydrogens is 250 g/mol. The van der Waals surface area contributed by atoms with Gasteiger partial charge in [0.15, 0.2) is 0 Å². The van der Waals surface area contributed by atoms with E-state index in [1.54, 1.807) is 0 Å². The second-order valence-corrected chi connectivity index (χ2v) is 5.85. The minimum Gasteiger partial charge on any atom is -0.473 e. The Morgan fingerprint density at radius 3 is 2.95 bits per heavy atom. The molecule has 2 N–H and O–H groups in total. The fraction of sp³-hybridized carbons (Fsp3) is 0.625. The fourth-order valence-electron chi connectivity index (χ4n) is 3.36. The Balaban J connectivity index is 1.86. The van der Waals surface area contributed by atoms with Crippen LogP contribution in [0.15, 0.2) is 6.07 Å². The summed E-state index contributed by atoms with van der Waals surface area (Å²) in [4.78, 5) is 4.63. The molecule has 1 saturated carbocycles. The molecule has 106 valence electrons. The number of nitrogens with two attached hydrogens (primary N) is 1. The van der Waals surface area contributed by atoms with Crippen LogP contribution in [-0.4, -0.2) is 17.6 Å². The number of hydrogen-bond acceptors (Lipinski definition) is 4. The number of pyridine rings is 1. The highest BCUT2D eigenvalue weighted by Crippen LogP contribution is 2.31. The van der Waals surface area contributed by atoms with Crippen molar-refractivity contribution in [2.75, 3.05) is 6.54 Å². The second kappa shape index (κ2) is 5.80. The zero-order valence-electron chi connectivity index (χ0n) is 11.8. The number of hydrogen-bond donors (Lipinski definition) is 1. The van der Waals surface area contributed by atoms with E-state index < -0.39 is 0 Å². The molecule has 0 amide bonds. The van der Waals surface area contributed by atoms with Crippen molar-refractivity contribution in [2.24, 2.45) is 11.7 Å². The van der Waals surface area contributed by atoms with Crippen LogP contribution in [0.1, 0.15) is 48.9 Å².